The van der Waals surface area contributed by atoms with Gasteiger partial charge in [-0.1, -0.05) is 30.2 Å². The average Bonchev–Trinajstić information content (AvgIpc) is 2.71. The molecule has 1 aromatic carbocycles. The first-order chi connectivity index (χ1) is 8.18. The molecule has 94 valence electrons. The molecule has 0 heterocycles. The van der Waals surface area contributed by atoms with Crippen molar-refractivity contribution in [2.45, 2.75) is 31.2 Å². The fourth-order valence-electron chi connectivity index (χ4n) is 2.30. The predicted octanol–water partition coefficient (Wildman–Crippen LogP) is 3.98. The van der Waals surface area contributed by atoms with E-state index in [9.17, 15) is 4.39 Å². The minimum Gasteiger partial charge on any atom is -0.312 e. The topological polar surface area (TPSA) is 12.0 Å². The quantitative estimate of drug-likeness (QED) is 0.820. The summed E-state index contributed by atoms with van der Waals surface area (Å²) < 4.78 is 13.6. The molecule has 2 atom stereocenters. The van der Waals surface area contributed by atoms with Crippen LogP contribution in [0.25, 0.3) is 0 Å². The van der Waals surface area contributed by atoms with Gasteiger partial charge in [0.2, 0.25) is 0 Å². The summed E-state index contributed by atoms with van der Waals surface area (Å²) in [6, 6.07) is 5.08. The van der Waals surface area contributed by atoms with Crippen molar-refractivity contribution >= 4 is 23.2 Å². The molecule has 0 radical (unpaired) electrons. The van der Waals surface area contributed by atoms with Crippen LogP contribution in [0.5, 0.6) is 0 Å². The Kier molecular flexibility index (Phi) is 4.66. The van der Waals surface area contributed by atoms with Gasteiger partial charge in [0.15, 0.2) is 0 Å². The van der Waals surface area contributed by atoms with Gasteiger partial charge in [0.1, 0.15) is 5.82 Å². The molecular formula is C13H16Cl2FN. The largest absolute Gasteiger partial charge is 0.312 e. The highest BCUT2D eigenvalue weighted by Gasteiger charge is 2.24. The third-order valence-corrected chi connectivity index (χ3v) is 4.19. The van der Waals surface area contributed by atoms with Crippen LogP contribution >= 0.6 is 23.2 Å². The maximum Gasteiger partial charge on any atom is 0.146 e. The number of hydrogen-bond donors (Lipinski definition) is 1. The summed E-state index contributed by atoms with van der Waals surface area (Å²) >= 11 is 11.9. The third kappa shape index (κ3) is 3.34. The molecule has 1 N–H and O–H groups in total. The van der Waals surface area contributed by atoms with Crippen LogP contribution in [0.2, 0.25) is 5.02 Å². The smallest absolute Gasteiger partial charge is 0.146 e. The van der Waals surface area contributed by atoms with Crippen molar-refractivity contribution in [3.63, 3.8) is 0 Å². The van der Waals surface area contributed by atoms with Gasteiger partial charge < -0.3 is 5.32 Å². The Morgan fingerprint density at radius 1 is 1.35 bits per heavy atom. The normalized spacial score (nSPS) is 24.2. The second kappa shape index (κ2) is 6.03. The molecule has 2 rings (SSSR count). The highest BCUT2D eigenvalue weighted by Crippen LogP contribution is 2.29. The lowest BCUT2D eigenvalue weighted by Gasteiger charge is -2.14. The maximum absolute atomic E-state index is 13.6. The highest BCUT2D eigenvalue weighted by molar-refractivity contribution is 6.30. The molecule has 0 bridgehead atoms. The van der Waals surface area contributed by atoms with Crippen LogP contribution in [0.15, 0.2) is 18.2 Å². The van der Waals surface area contributed by atoms with Crippen LogP contribution in [0.1, 0.15) is 24.8 Å². The van der Waals surface area contributed by atoms with E-state index in [2.05, 4.69) is 5.32 Å². The minimum absolute atomic E-state index is 0.181. The van der Waals surface area contributed by atoms with Gasteiger partial charge >= 0.3 is 0 Å². The summed E-state index contributed by atoms with van der Waals surface area (Å²) in [7, 11) is 0. The first-order valence-electron chi connectivity index (χ1n) is 5.96. The Morgan fingerprint density at radius 3 is 2.88 bits per heavy atom. The molecule has 1 aliphatic carbocycles. The molecule has 1 aliphatic rings. The van der Waals surface area contributed by atoms with Gasteiger partial charge in [-0.25, -0.2) is 4.39 Å². The summed E-state index contributed by atoms with van der Waals surface area (Å²) in [5.74, 6) is 0.189. The summed E-state index contributed by atoms with van der Waals surface area (Å²) in [6.45, 7) is 1.35. The van der Waals surface area contributed by atoms with Crippen molar-refractivity contribution in [2.24, 2.45) is 5.92 Å². The van der Waals surface area contributed by atoms with E-state index >= 15 is 0 Å². The summed E-state index contributed by atoms with van der Waals surface area (Å²) in [5, 5.41) is 3.71. The van der Waals surface area contributed by atoms with E-state index < -0.39 is 0 Å². The number of alkyl halides is 1. The molecular weight excluding hydrogens is 260 g/mol. The lowest BCUT2D eigenvalue weighted by Crippen LogP contribution is -2.25. The second-order valence-electron chi connectivity index (χ2n) is 4.55. The molecule has 0 saturated heterocycles. The molecule has 4 heteroatoms. The van der Waals surface area contributed by atoms with Gasteiger partial charge in [-0.15, -0.1) is 11.6 Å². The van der Waals surface area contributed by atoms with Gasteiger partial charge in [0.05, 0.1) is 5.02 Å². The minimum atomic E-state index is -0.324. The zero-order valence-corrected chi connectivity index (χ0v) is 11.1. The summed E-state index contributed by atoms with van der Waals surface area (Å²) in [5.41, 5.74) is 0.613. The molecule has 0 aliphatic heterocycles. The molecule has 17 heavy (non-hydrogen) atoms. The lowest BCUT2D eigenvalue weighted by atomic mass is 10.1. The van der Waals surface area contributed by atoms with Crippen LogP contribution in [-0.4, -0.2) is 11.9 Å². The van der Waals surface area contributed by atoms with Crippen molar-refractivity contribution in [2.75, 3.05) is 6.54 Å². The average molecular weight is 276 g/mol. The van der Waals surface area contributed by atoms with Crippen molar-refractivity contribution in [1.82, 2.24) is 5.32 Å². The van der Waals surface area contributed by atoms with E-state index in [0.29, 0.717) is 18.0 Å². The molecule has 1 nitrogen and oxygen atoms in total. The summed E-state index contributed by atoms with van der Waals surface area (Å²) in [4.78, 5) is 0. The van der Waals surface area contributed by atoms with Crippen molar-refractivity contribution in [3.05, 3.63) is 34.6 Å². The fraction of sp³-hybridized carbons (Fsp3) is 0.538. The molecule has 0 spiro atoms. The number of hydrogen-bond acceptors (Lipinski definition) is 1. The van der Waals surface area contributed by atoms with Gasteiger partial charge in [0, 0.05) is 17.5 Å². The van der Waals surface area contributed by atoms with E-state index in [-0.39, 0.29) is 16.2 Å². The number of rotatable bonds is 4. The Labute approximate surface area is 111 Å². The zero-order chi connectivity index (χ0) is 12.3. The molecule has 1 aromatic rings. The first-order valence-corrected chi connectivity index (χ1v) is 6.77. The first kappa shape index (κ1) is 13.1. The van der Waals surface area contributed by atoms with Gasteiger partial charge in [0.25, 0.3) is 0 Å². The van der Waals surface area contributed by atoms with Crippen LogP contribution in [0.4, 0.5) is 4.39 Å². The second-order valence-corrected chi connectivity index (χ2v) is 5.52. The van der Waals surface area contributed by atoms with E-state index in [1.165, 1.54) is 12.8 Å². The highest BCUT2D eigenvalue weighted by atomic mass is 35.5. The van der Waals surface area contributed by atoms with Crippen molar-refractivity contribution in [3.8, 4) is 0 Å². The number of benzene rings is 1. The monoisotopic (exact) mass is 275 g/mol. The lowest BCUT2D eigenvalue weighted by molar-refractivity contribution is 0.487. The maximum atomic E-state index is 13.6. The predicted molar refractivity (Wildman–Crippen MR) is 70.1 cm³/mol. The van der Waals surface area contributed by atoms with Crippen LogP contribution < -0.4 is 5.32 Å². The number of nitrogens with one attached hydrogen (secondary N) is 1. The zero-order valence-electron chi connectivity index (χ0n) is 9.56. The van der Waals surface area contributed by atoms with Crippen molar-refractivity contribution < 1.29 is 4.39 Å². The number of halogens is 3. The van der Waals surface area contributed by atoms with Gasteiger partial charge in [-0.05, 0) is 31.4 Å². The molecule has 0 amide bonds. The van der Waals surface area contributed by atoms with Crippen molar-refractivity contribution in [1.29, 1.82) is 0 Å². The molecule has 0 aromatic heterocycles. The Hall–Kier alpha value is -0.310. The van der Waals surface area contributed by atoms with Crippen LogP contribution in [0, 0.1) is 11.7 Å². The fourth-order valence-corrected chi connectivity index (χ4v) is 2.86. The van der Waals surface area contributed by atoms with Crippen LogP contribution in [-0.2, 0) is 6.54 Å². The van der Waals surface area contributed by atoms with E-state index in [1.54, 1.807) is 18.2 Å². The Morgan fingerprint density at radius 2 is 2.18 bits per heavy atom. The van der Waals surface area contributed by atoms with E-state index in [1.807, 2.05) is 0 Å². The SMILES string of the molecule is Fc1c(Cl)cccc1CNCC1CCCC1Cl. The molecule has 1 saturated carbocycles. The Bertz CT molecular complexity index is 384. The molecule has 2 unspecified atom stereocenters. The summed E-state index contributed by atoms with van der Waals surface area (Å²) in [6.07, 6.45) is 3.46. The standard InChI is InChI=1S/C13H16Cl2FN/c14-11-5-1-3-9(11)7-17-8-10-4-2-6-12(15)13(10)16/h2,4,6,9,11,17H,1,3,5,7-8H2. The molecule has 1 fully saturated rings. The van der Waals surface area contributed by atoms with Gasteiger partial charge in [-0.3, -0.25) is 0 Å². The van der Waals surface area contributed by atoms with E-state index in [4.69, 9.17) is 23.2 Å². The van der Waals surface area contributed by atoms with Crippen LogP contribution in [0.3, 0.4) is 0 Å². The van der Waals surface area contributed by atoms with Gasteiger partial charge in [-0.2, -0.15) is 0 Å². The van der Waals surface area contributed by atoms with E-state index in [0.717, 1.165) is 13.0 Å². The Balaban J connectivity index is 1.84. The third-order valence-electron chi connectivity index (χ3n) is 3.32.